The molecule has 0 radical (unpaired) electrons. The fraction of sp³-hybridized carbons (Fsp3) is 0.409. The SMILES string of the molecule is CCC(C)N1N=CC(c2ccc(N3CCN(c4ccc(O)cc4)CC3)cc2)[N+]1=O. The van der Waals surface area contributed by atoms with E-state index < -0.39 is 0 Å². The molecule has 0 aromatic heterocycles. The Balaban J connectivity index is 1.37. The summed E-state index contributed by atoms with van der Waals surface area (Å²) in [7, 11) is 0. The number of hydrogen-bond acceptors (Lipinski definition) is 5. The number of phenolic OH excluding ortho intramolecular Hbond substituents is 1. The Labute approximate surface area is 171 Å². The van der Waals surface area contributed by atoms with Crippen molar-refractivity contribution in [3.05, 3.63) is 59.0 Å². The molecule has 2 heterocycles. The second-order valence-electron chi connectivity index (χ2n) is 7.67. The average molecular weight is 394 g/mol. The Kier molecular flexibility index (Phi) is 5.38. The molecule has 2 aliphatic rings. The third-order valence-corrected chi connectivity index (χ3v) is 5.85. The van der Waals surface area contributed by atoms with Crippen LogP contribution in [-0.4, -0.2) is 53.5 Å². The first-order chi connectivity index (χ1) is 14.1. The lowest BCUT2D eigenvalue weighted by atomic mass is 10.1. The molecule has 1 fully saturated rings. The average Bonchev–Trinajstić information content (AvgIpc) is 3.15. The minimum Gasteiger partial charge on any atom is -0.508 e. The van der Waals surface area contributed by atoms with E-state index in [0.29, 0.717) is 5.75 Å². The lowest BCUT2D eigenvalue weighted by molar-refractivity contribution is -0.726. The highest BCUT2D eigenvalue weighted by Crippen LogP contribution is 2.27. The van der Waals surface area contributed by atoms with Crippen molar-refractivity contribution in [3.63, 3.8) is 0 Å². The van der Waals surface area contributed by atoms with Crippen molar-refractivity contribution in [1.29, 1.82) is 0 Å². The Bertz CT molecular complexity index is 873. The van der Waals surface area contributed by atoms with Gasteiger partial charge in [-0.15, -0.1) is 0 Å². The maximum Gasteiger partial charge on any atom is 0.251 e. The quantitative estimate of drug-likeness (QED) is 0.786. The van der Waals surface area contributed by atoms with Crippen LogP contribution in [0.15, 0.2) is 53.6 Å². The van der Waals surface area contributed by atoms with E-state index in [1.165, 1.54) is 10.8 Å². The van der Waals surface area contributed by atoms with E-state index in [1.807, 2.05) is 31.2 Å². The number of nitroso groups, excluding NO2 is 1. The number of benzene rings is 2. The molecule has 4 rings (SSSR count). The maximum atomic E-state index is 12.6. The summed E-state index contributed by atoms with van der Waals surface area (Å²) in [6.07, 6.45) is 2.60. The molecule has 0 saturated carbocycles. The van der Waals surface area contributed by atoms with Crippen molar-refractivity contribution >= 4 is 17.6 Å². The summed E-state index contributed by atoms with van der Waals surface area (Å²) in [4.78, 5) is 18.2. The maximum absolute atomic E-state index is 12.6. The van der Waals surface area contributed by atoms with Crippen LogP contribution in [0.2, 0.25) is 0 Å². The topological polar surface area (TPSA) is 62.4 Å². The summed E-state index contributed by atoms with van der Waals surface area (Å²) < 4.78 is 0. The lowest BCUT2D eigenvalue weighted by Gasteiger charge is -2.37. The van der Waals surface area contributed by atoms with E-state index >= 15 is 0 Å². The summed E-state index contributed by atoms with van der Waals surface area (Å²) in [5.74, 6) is 0.295. The zero-order chi connectivity index (χ0) is 20.4. The third-order valence-electron chi connectivity index (χ3n) is 5.85. The fourth-order valence-electron chi connectivity index (χ4n) is 3.82. The number of anilines is 2. The second-order valence-corrected chi connectivity index (χ2v) is 7.67. The molecule has 0 aliphatic carbocycles. The molecule has 29 heavy (non-hydrogen) atoms. The number of rotatable bonds is 5. The molecule has 2 aliphatic heterocycles. The van der Waals surface area contributed by atoms with Crippen LogP contribution in [0.3, 0.4) is 0 Å². The number of hydrazone groups is 1. The van der Waals surface area contributed by atoms with Gasteiger partial charge in [0.1, 0.15) is 11.8 Å². The third kappa shape index (κ3) is 3.90. The Morgan fingerprint density at radius 2 is 1.52 bits per heavy atom. The Morgan fingerprint density at radius 1 is 1.00 bits per heavy atom. The molecule has 7 heteroatoms. The van der Waals surface area contributed by atoms with E-state index in [9.17, 15) is 10.0 Å². The van der Waals surface area contributed by atoms with Gasteiger partial charge in [0.15, 0.2) is 6.21 Å². The number of hydrazine groups is 1. The van der Waals surface area contributed by atoms with Crippen molar-refractivity contribution in [2.75, 3.05) is 36.0 Å². The first kappa shape index (κ1) is 19.2. The van der Waals surface area contributed by atoms with Crippen LogP contribution in [0.1, 0.15) is 31.9 Å². The summed E-state index contributed by atoms with van der Waals surface area (Å²) in [5, 5.41) is 15.3. The number of piperazine rings is 1. The largest absolute Gasteiger partial charge is 0.508 e. The van der Waals surface area contributed by atoms with Gasteiger partial charge >= 0.3 is 0 Å². The molecule has 152 valence electrons. The Morgan fingerprint density at radius 3 is 2.03 bits per heavy atom. The molecule has 2 aromatic carbocycles. The molecular weight excluding hydrogens is 366 g/mol. The predicted molar refractivity (Wildman–Crippen MR) is 115 cm³/mol. The van der Waals surface area contributed by atoms with E-state index in [4.69, 9.17) is 0 Å². The smallest absolute Gasteiger partial charge is 0.251 e. The van der Waals surface area contributed by atoms with Crippen molar-refractivity contribution in [2.45, 2.75) is 32.4 Å². The molecule has 7 nitrogen and oxygen atoms in total. The molecule has 2 unspecified atom stereocenters. The van der Waals surface area contributed by atoms with Crippen molar-refractivity contribution in [3.8, 4) is 5.75 Å². The Hall–Kier alpha value is -3.09. The molecule has 0 amide bonds. The monoisotopic (exact) mass is 394 g/mol. The van der Waals surface area contributed by atoms with Gasteiger partial charge in [-0.1, -0.05) is 19.1 Å². The standard InChI is InChI=1S/C22H27N5O2/c1-3-17(2)26-23-16-22(27(26)29)18-4-6-19(7-5-18)24-12-14-25(15-13-24)20-8-10-21(28)11-9-20/h4-11,16-17,22H,3,12-15H2,1-2H3/p+1. The first-order valence-corrected chi connectivity index (χ1v) is 10.3. The number of nitrogens with zero attached hydrogens (tertiary/aromatic N) is 5. The molecule has 0 spiro atoms. The van der Waals surface area contributed by atoms with Gasteiger partial charge in [-0.05, 0) is 59.8 Å². The summed E-state index contributed by atoms with van der Waals surface area (Å²) in [6.45, 7) is 7.78. The van der Waals surface area contributed by atoms with Crippen LogP contribution < -0.4 is 9.80 Å². The van der Waals surface area contributed by atoms with Crippen LogP contribution in [0.25, 0.3) is 0 Å². The van der Waals surface area contributed by atoms with E-state index in [0.717, 1.165) is 48.7 Å². The van der Waals surface area contributed by atoms with Crippen LogP contribution >= 0.6 is 0 Å². The zero-order valence-corrected chi connectivity index (χ0v) is 17.0. The minimum absolute atomic E-state index is 0.0953. The van der Waals surface area contributed by atoms with Crippen LogP contribution in [0.5, 0.6) is 5.75 Å². The van der Waals surface area contributed by atoms with Crippen LogP contribution in [-0.2, 0) is 0 Å². The lowest BCUT2D eigenvalue weighted by Crippen LogP contribution is -2.46. The second kappa shape index (κ2) is 8.11. The van der Waals surface area contributed by atoms with Gasteiger partial charge in [-0.25, -0.2) is 0 Å². The normalized spacial score (nSPS) is 20.4. The zero-order valence-electron chi connectivity index (χ0n) is 17.0. The molecule has 1 N–H and O–H groups in total. The first-order valence-electron chi connectivity index (χ1n) is 10.3. The van der Waals surface area contributed by atoms with E-state index in [2.05, 4.69) is 34.0 Å². The predicted octanol–water partition coefficient (Wildman–Crippen LogP) is 3.55. The van der Waals surface area contributed by atoms with Crippen molar-refractivity contribution in [1.82, 2.24) is 5.12 Å². The van der Waals surface area contributed by atoms with Gasteiger partial charge < -0.3 is 14.9 Å². The molecule has 0 bridgehead atoms. The number of phenols is 1. The summed E-state index contributed by atoms with van der Waals surface area (Å²) in [6, 6.07) is 15.4. The fourth-order valence-corrected chi connectivity index (χ4v) is 3.82. The van der Waals surface area contributed by atoms with Gasteiger partial charge in [0.2, 0.25) is 0 Å². The summed E-state index contributed by atoms with van der Waals surface area (Å²) in [5.41, 5.74) is 3.27. The van der Waals surface area contributed by atoms with Gasteiger partial charge in [0, 0.05) is 48.2 Å². The number of hydrogen-bond donors (Lipinski definition) is 1. The van der Waals surface area contributed by atoms with Crippen molar-refractivity contribution in [2.24, 2.45) is 5.10 Å². The van der Waals surface area contributed by atoms with E-state index in [1.54, 1.807) is 18.3 Å². The van der Waals surface area contributed by atoms with Gasteiger partial charge in [-0.3, -0.25) is 0 Å². The highest BCUT2D eigenvalue weighted by atomic mass is 16.3. The van der Waals surface area contributed by atoms with Gasteiger partial charge in [0.25, 0.3) is 6.04 Å². The highest BCUT2D eigenvalue weighted by molar-refractivity contribution is 5.67. The molecule has 2 aromatic rings. The van der Waals surface area contributed by atoms with Gasteiger partial charge in [-0.2, -0.15) is 0 Å². The highest BCUT2D eigenvalue weighted by Gasteiger charge is 2.39. The van der Waals surface area contributed by atoms with Crippen LogP contribution in [0.4, 0.5) is 11.4 Å². The molecule has 2 atom stereocenters. The molecular formula is C22H28N5O2+. The molecule has 1 saturated heterocycles. The van der Waals surface area contributed by atoms with Crippen molar-refractivity contribution < 1.29 is 9.98 Å². The van der Waals surface area contributed by atoms with Crippen LogP contribution in [0, 0.1) is 4.91 Å². The number of aromatic hydroxyl groups is 1. The summed E-state index contributed by atoms with van der Waals surface area (Å²) >= 11 is 0. The minimum atomic E-state index is -0.357. The van der Waals surface area contributed by atoms with Gasteiger partial charge in [0.05, 0.1) is 4.87 Å². The van der Waals surface area contributed by atoms with E-state index in [-0.39, 0.29) is 12.1 Å².